The first kappa shape index (κ1) is 16.7. The molecular weight excluding hydrogens is 356 g/mol. The average Bonchev–Trinajstić information content (AvgIpc) is 3.25. The fourth-order valence-corrected chi connectivity index (χ4v) is 3.41. The second-order valence-corrected chi connectivity index (χ2v) is 7.30. The highest BCUT2D eigenvalue weighted by atomic mass is 16.4. The highest BCUT2D eigenvalue weighted by Crippen LogP contribution is 2.30. The number of anilines is 1. The van der Waals surface area contributed by atoms with Crippen molar-refractivity contribution in [2.24, 2.45) is 7.05 Å². The molecule has 8 nitrogen and oxygen atoms in total. The van der Waals surface area contributed by atoms with Gasteiger partial charge in [0.15, 0.2) is 22.6 Å². The summed E-state index contributed by atoms with van der Waals surface area (Å²) in [5, 5.41) is 17.1. The van der Waals surface area contributed by atoms with Crippen molar-refractivity contribution in [2.45, 2.75) is 31.7 Å². The Morgan fingerprint density at radius 2 is 2.18 bits per heavy atom. The van der Waals surface area contributed by atoms with Crippen molar-refractivity contribution in [3.63, 3.8) is 0 Å². The molecule has 8 heteroatoms. The van der Waals surface area contributed by atoms with Crippen LogP contribution >= 0.6 is 0 Å². The molecule has 1 aliphatic carbocycles. The summed E-state index contributed by atoms with van der Waals surface area (Å²) in [6, 6.07) is 10.3. The van der Waals surface area contributed by atoms with Crippen LogP contribution in [0.15, 0.2) is 36.7 Å². The van der Waals surface area contributed by atoms with Crippen LogP contribution in [0.5, 0.6) is 0 Å². The van der Waals surface area contributed by atoms with Gasteiger partial charge in [0.05, 0.1) is 12.0 Å². The first-order valence-corrected chi connectivity index (χ1v) is 9.37. The number of aryl methyl sites for hydroxylation is 2. The summed E-state index contributed by atoms with van der Waals surface area (Å²) in [7, 11) is 1.95. The van der Waals surface area contributed by atoms with Crippen molar-refractivity contribution in [1.29, 1.82) is 0 Å². The number of rotatable bonds is 6. The molecule has 2 N–H and O–H groups in total. The molecule has 0 radical (unpaired) electrons. The van der Waals surface area contributed by atoms with E-state index in [0.29, 0.717) is 12.5 Å². The van der Waals surface area contributed by atoms with Gasteiger partial charge in [0.1, 0.15) is 0 Å². The van der Waals surface area contributed by atoms with Crippen molar-refractivity contribution >= 4 is 28.6 Å². The Balaban J connectivity index is 1.60. The summed E-state index contributed by atoms with van der Waals surface area (Å²) >= 11 is 0. The summed E-state index contributed by atoms with van der Waals surface area (Å²) < 4.78 is 3.77. The number of carbonyl (C=O) groups is 1. The third-order valence-electron chi connectivity index (χ3n) is 5.02. The molecule has 1 aliphatic rings. The molecule has 0 atom stereocenters. The van der Waals surface area contributed by atoms with Crippen molar-refractivity contribution in [2.75, 3.05) is 5.32 Å². The number of imidazole rings is 1. The molecule has 0 aliphatic heterocycles. The largest absolute Gasteiger partial charge is 0.481 e. The summed E-state index contributed by atoms with van der Waals surface area (Å²) in [5.74, 6) is 0.00360. The molecule has 0 unspecified atom stereocenters. The molecule has 28 heavy (non-hydrogen) atoms. The number of hydrogen-bond acceptors (Lipinski definition) is 5. The number of hydrogen-bond donors (Lipinski definition) is 2. The van der Waals surface area contributed by atoms with Crippen LogP contribution in [0.4, 0.5) is 5.82 Å². The molecular formula is C20H20N6O2. The number of carboxylic acids is 1. The summed E-state index contributed by atoms with van der Waals surface area (Å²) in [4.78, 5) is 20.1. The van der Waals surface area contributed by atoms with Gasteiger partial charge >= 0.3 is 5.97 Å². The number of benzene rings is 1. The van der Waals surface area contributed by atoms with E-state index in [1.807, 2.05) is 46.5 Å². The van der Waals surface area contributed by atoms with Crippen LogP contribution in [0.25, 0.3) is 28.1 Å². The highest BCUT2D eigenvalue weighted by molar-refractivity contribution is 5.86. The molecule has 142 valence electrons. The third kappa shape index (κ3) is 2.96. The number of nitrogens with zero attached hydrogens (tertiary/aromatic N) is 5. The van der Waals surface area contributed by atoms with Crippen LogP contribution in [0, 0.1) is 0 Å². The smallest absolute Gasteiger partial charge is 0.303 e. The van der Waals surface area contributed by atoms with Crippen LogP contribution in [0.3, 0.4) is 0 Å². The van der Waals surface area contributed by atoms with Crippen LogP contribution in [0.1, 0.15) is 24.8 Å². The van der Waals surface area contributed by atoms with Gasteiger partial charge in [0.2, 0.25) is 0 Å². The molecule has 0 bridgehead atoms. The van der Waals surface area contributed by atoms with Crippen molar-refractivity contribution in [3.05, 3.63) is 42.2 Å². The molecule has 0 saturated heterocycles. The Hall–Kier alpha value is -3.42. The second-order valence-electron chi connectivity index (χ2n) is 7.30. The summed E-state index contributed by atoms with van der Waals surface area (Å²) in [6.45, 7) is 0. The topological polar surface area (TPSA) is 97.3 Å². The Morgan fingerprint density at radius 3 is 2.96 bits per heavy atom. The van der Waals surface area contributed by atoms with Gasteiger partial charge in [-0.15, -0.1) is 0 Å². The maximum Gasteiger partial charge on any atom is 0.303 e. The van der Waals surface area contributed by atoms with Gasteiger partial charge in [-0.3, -0.25) is 4.79 Å². The lowest BCUT2D eigenvalue weighted by Gasteiger charge is -2.06. The average molecular weight is 376 g/mol. The van der Waals surface area contributed by atoms with E-state index < -0.39 is 5.97 Å². The number of nitrogens with one attached hydrogen (secondary N) is 1. The van der Waals surface area contributed by atoms with E-state index in [4.69, 9.17) is 15.2 Å². The van der Waals surface area contributed by atoms with E-state index in [1.54, 1.807) is 6.33 Å². The fourth-order valence-electron chi connectivity index (χ4n) is 3.41. The second kappa shape index (κ2) is 6.33. The van der Waals surface area contributed by atoms with E-state index in [9.17, 15) is 4.79 Å². The number of aromatic nitrogens is 5. The zero-order valence-electron chi connectivity index (χ0n) is 15.5. The van der Waals surface area contributed by atoms with Crippen molar-refractivity contribution < 1.29 is 9.90 Å². The van der Waals surface area contributed by atoms with Crippen molar-refractivity contribution in [3.8, 4) is 11.3 Å². The SMILES string of the molecule is Cn1cnc2c(NC3CC3)nc3cc(-c4cccc(CCC(=O)O)c4)nn3c21. The minimum Gasteiger partial charge on any atom is -0.481 e. The lowest BCUT2D eigenvalue weighted by Crippen LogP contribution is -2.06. The summed E-state index contributed by atoms with van der Waals surface area (Å²) in [5.41, 5.74) is 5.18. The van der Waals surface area contributed by atoms with Crippen LogP contribution in [-0.2, 0) is 18.3 Å². The van der Waals surface area contributed by atoms with E-state index in [1.165, 1.54) is 0 Å². The van der Waals surface area contributed by atoms with E-state index in [-0.39, 0.29) is 6.42 Å². The van der Waals surface area contributed by atoms with Gasteiger partial charge in [-0.1, -0.05) is 18.2 Å². The van der Waals surface area contributed by atoms with Gasteiger partial charge in [0.25, 0.3) is 0 Å². The van der Waals surface area contributed by atoms with Crippen LogP contribution in [0.2, 0.25) is 0 Å². The first-order valence-electron chi connectivity index (χ1n) is 9.37. The normalized spacial score (nSPS) is 14.0. The number of aliphatic carboxylic acids is 1. The zero-order chi connectivity index (χ0) is 19.3. The predicted octanol–water partition coefficient (Wildman–Crippen LogP) is 2.87. The number of carboxylic acid groups (broad SMARTS) is 1. The van der Waals surface area contributed by atoms with Gasteiger partial charge in [-0.2, -0.15) is 9.61 Å². The van der Waals surface area contributed by atoms with Crippen LogP contribution < -0.4 is 5.32 Å². The van der Waals surface area contributed by atoms with E-state index >= 15 is 0 Å². The standard InChI is InChI=1S/C20H20N6O2/c1-25-11-21-18-19(22-14-6-7-14)23-16-10-15(24-26(16)20(18)25)13-4-2-3-12(9-13)5-8-17(27)28/h2-4,9-11,14H,5-8H2,1H3,(H,22,23)(H,27,28). The quantitative estimate of drug-likeness (QED) is 0.537. The number of fused-ring (bicyclic) bond motifs is 3. The minimum atomic E-state index is -0.795. The molecule has 0 amide bonds. The lowest BCUT2D eigenvalue weighted by molar-refractivity contribution is -0.136. The van der Waals surface area contributed by atoms with E-state index in [0.717, 1.165) is 52.3 Å². The Bertz CT molecular complexity index is 1200. The molecule has 5 rings (SSSR count). The molecule has 4 aromatic rings. The monoisotopic (exact) mass is 376 g/mol. The summed E-state index contributed by atoms with van der Waals surface area (Å²) in [6.07, 6.45) is 4.71. The minimum absolute atomic E-state index is 0.113. The van der Waals surface area contributed by atoms with Gasteiger partial charge in [-0.05, 0) is 30.9 Å². The molecule has 1 fully saturated rings. The lowest BCUT2D eigenvalue weighted by atomic mass is 10.0. The third-order valence-corrected chi connectivity index (χ3v) is 5.02. The predicted molar refractivity (Wildman–Crippen MR) is 105 cm³/mol. The molecule has 3 aromatic heterocycles. The molecule has 3 heterocycles. The Kier molecular flexibility index (Phi) is 3.78. The van der Waals surface area contributed by atoms with Crippen LogP contribution in [-0.4, -0.2) is 41.3 Å². The Morgan fingerprint density at radius 1 is 1.32 bits per heavy atom. The molecule has 1 aromatic carbocycles. The highest BCUT2D eigenvalue weighted by Gasteiger charge is 2.24. The molecule has 1 saturated carbocycles. The van der Waals surface area contributed by atoms with E-state index in [2.05, 4.69) is 10.3 Å². The molecule has 0 spiro atoms. The fraction of sp³-hybridized carbons (Fsp3) is 0.300. The zero-order valence-corrected chi connectivity index (χ0v) is 15.5. The van der Waals surface area contributed by atoms with Crippen molar-refractivity contribution in [1.82, 2.24) is 24.1 Å². The van der Waals surface area contributed by atoms with Gasteiger partial charge in [0, 0.05) is 31.1 Å². The van der Waals surface area contributed by atoms with Gasteiger partial charge in [-0.25, -0.2) is 9.97 Å². The Labute approximate surface area is 160 Å². The maximum absolute atomic E-state index is 10.9. The first-order chi connectivity index (χ1) is 13.6. The maximum atomic E-state index is 10.9. The van der Waals surface area contributed by atoms with Gasteiger partial charge < -0.3 is 15.0 Å².